The zero-order valence-corrected chi connectivity index (χ0v) is 9.93. The van der Waals surface area contributed by atoms with Crippen LogP contribution in [0.3, 0.4) is 0 Å². The minimum atomic E-state index is -1.07. The van der Waals surface area contributed by atoms with Gasteiger partial charge in [0.05, 0.1) is 0 Å². The number of carboxylic acid groups (broad SMARTS) is 1. The third-order valence-corrected chi connectivity index (χ3v) is 2.32. The summed E-state index contributed by atoms with van der Waals surface area (Å²) in [5.74, 6) is -1.07. The van der Waals surface area contributed by atoms with Crippen molar-refractivity contribution in [1.29, 1.82) is 0 Å². The van der Waals surface area contributed by atoms with Crippen LogP contribution in [0.5, 0.6) is 0 Å². The van der Waals surface area contributed by atoms with Gasteiger partial charge in [-0.1, -0.05) is 30.3 Å². The van der Waals surface area contributed by atoms with Crippen LogP contribution in [-0.4, -0.2) is 36.2 Å². The van der Waals surface area contributed by atoms with Crippen molar-refractivity contribution in [2.45, 2.75) is 12.5 Å². The Morgan fingerprint density at radius 2 is 1.94 bits per heavy atom. The lowest BCUT2D eigenvalue weighted by Gasteiger charge is -2.15. The van der Waals surface area contributed by atoms with E-state index in [1.54, 1.807) is 0 Å². The highest BCUT2D eigenvalue weighted by Crippen LogP contribution is 2.03. The molecule has 0 saturated heterocycles. The van der Waals surface area contributed by atoms with E-state index in [-0.39, 0.29) is 6.42 Å². The summed E-state index contributed by atoms with van der Waals surface area (Å²) >= 11 is 0. The largest absolute Gasteiger partial charge is 0.480 e. The topological polar surface area (TPSA) is 104 Å². The van der Waals surface area contributed by atoms with Gasteiger partial charge in [-0.2, -0.15) is 0 Å². The second-order valence-electron chi connectivity index (χ2n) is 3.77. The van der Waals surface area contributed by atoms with Crippen molar-refractivity contribution in [3.05, 3.63) is 35.9 Å². The molecule has 0 spiro atoms. The maximum Gasteiger partial charge on any atom is 0.326 e. The van der Waals surface area contributed by atoms with Gasteiger partial charge in [-0.05, 0) is 5.56 Å². The molecule has 1 rings (SSSR count). The molecular formula is C12H17N3O3. The number of hydrogen-bond donors (Lipinski definition) is 4. The maximum atomic E-state index is 11.4. The first-order chi connectivity index (χ1) is 8.63. The lowest BCUT2D eigenvalue weighted by Crippen LogP contribution is -2.48. The predicted octanol–water partition coefficient (Wildman–Crippen LogP) is -0.0598. The number of carboxylic acids is 1. The molecule has 0 radical (unpaired) electrons. The first-order valence-electron chi connectivity index (χ1n) is 5.64. The fraction of sp³-hybridized carbons (Fsp3) is 0.333. The number of aliphatic carboxylic acids is 1. The summed E-state index contributed by atoms with van der Waals surface area (Å²) in [6.07, 6.45) is 0.242. The summed E-state index contributed by atoms with van der Waals surface area (Å²) in [6, 6.07) is 7.64. The SMILES string of the molecule is NCCNC(=O)N[C@@H](Cc1ccccc1)C(=O)O. The van der Waals surface area contributed by atoms with Gasteiger partial charge in [-0.25, -0.2) is 9.59 Å². The molecule has 0 aliphatic carbocycles. The molecule has 1 aromatic rings. The quantitative estimate of drug-likeness (QED) is 0.568. The summed E-state index contributed by atoms with van der Waals surface area (Å²) in [4.78, 5) is 22.4. The van der Waals surface area contributed by atoms with E-state index in [1.165, 1.54) is 0 Å². The Bertz CT molecular complexity index is 395. The van der Waals surface area contributed by atoms with E-state index in [0.29, 0.717) is 13.1 Å². The minimum absolute atomic E-state index is 0.242. The van der Waals surface area contributed by atoms with Crippen LogP contribution in [0.25, 0.3) is 0 Å². The Labute approximate surface area is 105 Å². The summed E-state index contributed by atoms with van der Waals surface area (Å²) in [5, 5.41) is 13.9. The molecule has 5 N–H and O–H groups in total. The van der Waals surface area contributed by atoms with Gasteiger partial charge in [0.2, 0.25) is 0 Å². The third kappa shape index (κ3) is 4.84. The van der Waals surface area contributed by atoms with Gasteiger partial charge in [0.15, 0.2) is 0 Å². The molecular weight excluding hydrogens is 234 g/mol. The molecule has 1 atom stereocenters. The van der Waals surface area contributed by atoms with E-state index in [1.807, 2.05) is 30.3 Å². The lowest BCUT2D eigenvalue weighted by molar-refractivity contribution is -0.139. The molecule has 6 heteroatoms. The Hall–Kier alpha value is -2.08. The third-order valence-electron chi connectivity index (χ3n) is 2.32. The number of benzene rings is 1. The number of amides is 2. The molecule has 0 heterocycles. The number of rotatable bonds is 6. The second-order valence-corrected chi connectivity index (χ2v) is 3.77. The van der Waals surface area contributed by atoms with Gasteiger partial charge in [-0.3, -0.25) is 0 Å². The van der Waals surface area contributed by atoms with Crippen LogP contribution in [0, 0.1) is 0 Å². The van der Waals surface area contributed by atoms with Crippen LogP contribution in [0.4, 0.5) is 4.79 Å². The zero-order valence-electron chi connectivity index (χ0n) is 9.93. The molecule has 6 nitrogen and oxygen atoms in total. The van der Waals surface area contributed by atoms with E-state index in [4.69, 9.17) is 10.8 Å². The fourth-order valence-corrected chi connectivity index (χ4v) is 1.44. The molecule has 98 valence electrons. The smallest absolute Gasteiger partial charge is 0.326 e. The minimum Gasteiger partial charge on any atom is -0.480 e. The number of nitrogens with one attached hydrogen (secondary N) is 2. The molecule has 1 aromatic carbocycles. The van der Waals surface area contributed by atoms with Crippen LogP contribution in [0.2, 0.25) is 0 Å². The van der Waals surface area contributed by atoms with Crippen LogP contribution >= 0.6 is 0 Å². The summed E-state index contributed by atoms with van der Waals surface area (Å²) < 4.78 is 0. The average molecular weight is 251 g/mol. The second kappa shape index (κ2) is 7.29. The zero-order chi connectivity index (χ0) is 13.4. The molecule has 0 aliphatic rings. The molecule has 0 unspecified atom stereocenters. The Kier molecular flexibility index (Phi) is 5.66. The normalized spacial score (nSPS) is 11.6. The summed E-state index contributed by atoms with van der Waals surface area (Å²) in [6.45, 7) is 0.618. The van der Waals surface area contributed by atoms with Gasteiger partial charge < -0.3 is 21.5 Å². The van der Waals surface area contributed by atoms with Crippen molar-refractivity contribution in [3.63, 3.8) is 0 Å². The van der Waals surface area contributed by atoms with Gasteiger partial charge >= 0.3 is 12.0 Å². The molecule has 0 aliphatic heterocycles. The van der Waals surface area contributed by atoms with E-state index in [9.17, 15) is 9.59 Å². The molecule has 2 amide bonds. The first-order valence-corrected chi connectivity index (χ1v) is 5.64. The van der Waals surface area contributed by atoms with Crippen LogP contribution in [0.1, 0.15) is 5.56 Å². The van der Waals surface area contributed by atoms with Crippen molar-refractivity contribution in [2.75, 3.05) is 13.1 Å². The summed E-state index contributed by atoms with van der Waals surface area (Å²) in [5.41, 5.74) is 6.08. The maximum absolute atomic E-state index is 11.4. The molecule has 0 fully saturated rings. The van der Waals surface area contributed by atoms with E-state index in [0.717, 1.165) is 5.56 Å². The van der Waals surface area contributed by atoms with E-state index in [2.05, 4.69) is 10.6 Å². The monoisotopic (exact) mass is 251 g/mol. The molecule has 18 heavy (non-hydrogen) atoms. The highest BCUT2D eigenvalue weighted by atomic mass is 16.4. The van der Waals surface area contributed by atoms with Crippen molar-refractivity contribution in [1.82, 2.24) is 10.6 Å². The van der Waals surface area contributed by atoms with Crippen molar-refractivity contribution in [2.24, 2.45) is 5.73 Å². The van der Waals surface area contributed by atoms with Crippen molar-refractivity contribution >= 4 is 12.0 Å². The van der Waals surface area contributed by atoms with Crippen molar-refractivity contribution < 1.29 is 14.7 Å². The highest BCUT2D eigenvalue weighted by Gasteiger charge is 2.19. The standard InChI is InChI=1S/C12H17N3O3/c13-6-7-14-12(18)15-10(11(16)17)8-9-4-2-1-3-5-9/h1-5,10H,6-8,13H2,(H,16,17)(H2,14,15,18)/t10-/m0/s1. The van der Waals surface area contributed by atoms with E-state index >= 15 is 0 Å². The molecule has 0 aromatic heterocycles. The number of carbonyl (C=O) groups is 2. The van der Waals surface area contributed by atoms with Gasteiger partial charge in [0.25, 0.3) is 0 Å². The summed E-state index contributed by atoms with van der Waals surface area (Å²) in [7, 11) is 0. The Morgan fingerprint density at radius 1 is 1.28 bits per heavy atom. The highest BCUT2D eigenvalue weighted by molar-refractivity contribution is 5.82. The number of hydrogen-bond acceptors (Lipinski definition) is 3. The van der Waals surface area contributed by atoms with Gasteiger partial charge in [-0.15, -0.1) is 0 Å². The van der Waals surface area contributed by atoms with Crippen molar-refractivity contribution in [3.8, 4) is 0 Å². The number of urea groups is 1. The Morgan fingerprint density at radius 3 is 2.50 bits per heavy atom. The lowest BCUT2D eigenvalue weighted by atomic mass is 10.1. The average Bonchev–Trinajstić information content (AvgIpc) is 2.36. The predicted molar refractivity (Wildman–Crippen MR) is 67.2 cm³/mol. The van der Waals surface area contributed by atoms with Crippen LogP contribution in [0.15, 0.2) is 30.3 Å². The number of nitrogens with two attached hydrogens (primary N) is 1. The van der Waals surface area contributed by atoms with E-state index < -0.39 is 18.0 Å². The van der Waals surface area contributed by atoms with Crippen LogP contribution in [-0.2, 0) is 11.2 Å². The van der Waals surface area contributed by atoms with Gasteiger partial charge in [0.1, 0.15) is 6.04 Å². The van der Waals surface area contributed by atoms with Crippen LogP contribution < -0.4 is 16.4 Å². The van der Waals surface area contributed by atoms with Gasteiger partial charge in [0, 0.05) is 19.5 Å². The molecule has 0 saturated carbocycles. The Balaban J connectivity index is 2.55. The number of carbonyl (C=O) groups excluding carboxylic acids is 1. The first kappa shape index (κ1) is 14.0. The molecule has 0 bridgehead atoms. The fourth-order valence-electron chi connectivity index (χ4n) is 1.44.